The van der Waals surface area contributed by atoms with E-state index in [2.05, 4.69) is 24.4 Å². The summed E-state index contributed by atoms with van der Waals surface area (Å²) in [4.78, 5) is 27.1. The van der Waals surface area contributed by atoms with Crippen molar-refractivity contribution in [1.82, 2.24) is 4.90 Å². The van der Waals surface area contributed by atoms with Crippen molar-refractivity contribution in [2.24, 2.45) is 0 Å². The first-order chi connectivity index (χ1) is 14.5. The van der Waals surface area contributed by atoms with E-state index in [0.29, 0.717) is 21.5 Å². The number of aryl methyl sites for hydroxylation is 1. The number of ether oxygens (including phenoxy) is 1. The average molecular weight is 441 g/mol. The zero-order valence-corrected chi connectivity index (χ0v) is 18.6. The molecule has 5 nitrogen and oxygen atoms in total. The van der Waals surface area contributed by atoms with Crippen LogP contribution < -0.4 is 10.1 Å². The van der Waals surface area contributed by atoms with E-state index in [0.717, 1.165) is 17.7 Å². The molecule has 7 heteroatoms. The molecule has 0 aliphatic carbocycles. The summed E-state index contributed by atoms with van der Waals surface area (Å²) in [6.07, 6.45) is 2.98. The Bertz CT molecular complexity index is 953. The molecule has 0 spiro atoms. The Labute approximate surface area is 186 Å². The van der Waals surface area contributed by atoms with E-state index >= 15 is 0 Å². The fourth-order valence-corrected chi connectivity index (χ4v) is 4.24. The Balaban J connectivity index is 1.55. The summed E-state index contributed by atoms with van der Waals surface area (Å²) >= 11 is 6.62. The topological polar surface area (TPSA) is 58.6 Å². The third-order valence-corrected chi connectivity index (χ3v) is 5.95. The minimum atomic E-state index is -0.174. The molecule has 2 amide bonds. The summed E-state index contributed by atoms with van der Waals surface area (Å²) < 4.78 is 5.87. The van der Waals surface area contributed by atoms with Crippen LogP contribution in [0, 0.1) is 0 Å². The minimum Gasteiger partial charge on any atom is -0.494 e. The Morgan fingerprint density at radius 1 is 1.13 bits per heavy atom. The second kappa shape index (κ2) is 10.4. The number of carbonyl (C=O) groups excluding carboxylic acids is 2. The van der Waals surface area contributed by atoms with Crippen LogP contribution in [-0.2, 0) is 16.0 Å². The van der Waals surface area contributed by atoms with Crippen LogP contribution in [-0.4, -0.2) is 34.2 Å². The van der Waals surface area contributed by atoms with Crippen LogP contribution in [0.15, 0.2) is 53.4 Å². The van der Waals surface area contributed by atoms with Crippen molar-refractivity contribution in [3.8, 4) is 5.75 Å². The Hall–Kier alpha value is -2.64. The number of nitrogens with one attached hydrogen (secondary N) is 1. The number of carbonyl (C=O) groups is 2. The number of thiocarbonyl (C=S) groups is 1. The highest BCUT2D eigenvalue weighted by molar-refractivity contribution is 8.26. The Morgan fingerprint density at radius 2 is 1.83 bits per heavy atom. The maximum absolute atomic E-state index is 12.7. The lowest BCUT2D eigenvalue weighted by atomic mass is 10.1. The first kappa shape index (κ1) is 22.1. The predicted molar refractivity (Wildman–Crippen MR) is 127 cm³/mol. The molecule has 0 unspecified atom stereocenters. The normalized spacial score (nSPS) is 15.0. The van der Waals surface area contributed by atoms with Crippen molar-refractivity contribution in [2.75, 3.05) is 18.5 Å². The summed E-state index contributed by atoms with van der Waals surface area (Å²) in [5.41, 5.74) is 2.89. The number of anilines is 1. The van der Waals surface area contributed by atoms with Crippen LogP contribution >= 0.6 is 24.0 Å². The van der Waals surface area contributed by atoms with Crippen molar-refractivity contribution in [3.63, 3.8) is 0 Å². The lowest BCUT2D eigenvalue weighted by Crippen LogP contribution is -2.31. The third kappa shape index (κ3) is 5.70. The van der Waals surface area contributed by atoms with Gasteiger partial charge in [0.2, 0.25) is 5.91 Å². The molecule has 0 bridgehead atoms. The van der Waals surface area contributed by atoms with Crippen LogP contribution in [0.5, 0.6) is 5.75 Å². The van der Waals surface area contributed by atoms with E-state index in [1.807, 2.05) is 25.1 Å². The van der Waals surface area contributed by atoms with Crippen molar-refractivity contribution in [1.29, 1.82) is 0 Å². The van der Waals surface area contributed by atoms with Crippen LogP contribution in [0.2, 0.25) is 0 Å². The van der Waals surface area contributed by atoms with E-state index < -0.39 is 0 Å². The molecule has 2 aromatic carbocycles. The van der Waals surface area contributed by atoms with Gasteiger partial charge >= 0.3 is 0 Å². The quantitative estimate of drug-likeness (QED) is 0.468. The summed E-state index contributed by atoms with van der Waals surface area (Å²) in [6, 6.07) is 15.3. The number of hydrogen-bond acceptors (Lipinski definition) is 5. The summed E-state index contributed by atoms with van der Waals surface area (Å²) in [6.45, 7) is 4.86. The van der Waals surface area contributed by atoms with Gasteiger partial charge in [0.1, 0.15) is 10.1 Å². The van der Waals surface area contributed by atoms with E-state index in [1.165, 1.54) is 22.2 Å². The Kier molecular flexibility index (Phi) is 7.65. The largest absolute Gasteiger partial charge is 0.494 e. The van der Waals surface area contributed by atoms with Gasteiger partial charge in [-0.15, -0.1) is 0 Å². The van der Waals surface area contributed by atoms with Crippen LogP contribution in [0.3, 0.4) is 0 Å². The molecule has 1 aliphatic rings. The molecule has 0 atom stereocenters. The van der Waals surface area contributed by atoms with Gasteiger partial charge in [0.15, 0.2) is 0 Å². The number of rotatable bonds is 8. The highest BCUT2D eigenvalue weighted by atomic mass is 32.2. The third-order valence-electron chi connectivity index (χ3n) is 4.57. The van der Waals surface area contributed by atoms with Gasteiger partial charge < -0.3 is 10.1 Å². The lowest BCUT2D eigenvalue weighted by molar-refractivity contribution is -0.122. The van der Waals surface area contributed by atoms with Gasteiger partial charge in [-0.3, -0.25) is 14.5 Å². The van der Waals surface area contributed by atoms with Crippen LogP contribution in [0.1, 0.15) is 31.4 Å². The second-order valence-corrected chi connectivity index (χ2v) is 8.36. The monoisotopic (exact) mass is 440 g/mol. The molecule has 30 heavy (non-hydrogen) atoms. The molecule has 1 N–H and O–H groups in total. The average Bonchev–Trinajstić information content (AvgIpc) is 3.01. The lowest BCUT2D eigenvalue weighted by Gasteiger charge is -2.14. The van der Waals surface area contributed by atoms with Gasteiger partial charge in [-0.05, 0) is 54.8 Å². The molecule has 3 rings (SSSR count). The van der Waals surface area contributed by atoms with E-state index in [1.54, 1.807) is 24.3 Å². The molecule has 156 valence electrons. The first-order valence-electron chi connectivity index (χ1n) is 9.87. The van der Waals surface area contributed by atoms with Crippen LogP contribution in [0.25, 0.3) is 6.08 Å². The molecular formula is C23H24N2O3S2. The maximum Gasteiger partial charge on any atom is 0.266 e. The van der Waals surface area contributed by atoms with Gasteiger partial charge in [0.25, 0.3) is 5.91 Å². The zero-order chi connectivity index (χ0) is 21.5. The first-order valence-corrected chi connectivity index (χ1v) is 11.1. The highest BCUT2D eigenvalue weighted by Gasteiger charge is 2.32. The summed E-state index contributed by atoms with van der Waals surface area (Å²) in [7, 11) is 0. The molecule has 0 saturated carbocycles. The Morgan fingerprint density at radius 3 is 2.47 bits per heavy atom. The molecular weight excluding hydrogens is 416 g/mol. The standard InChI is InChI=1S/C23H24N2O3S2/c1-3-16-5-7-17(8-6-16)15-20-22(27)25(23(29)30-20)14-13-21(26)24-18-9-11-19(12-10-18)28-4-2/h5-12,15H,3-4,13-14H2,1-2H3,(H,24,26). The smallest absolute Gasteiger partial charge is 0.266 e. The van der Waals surface area contributed by atoms with Gasteiger partial charge in [-0.25, -0.2) is 0 Å². The predicted octanol–water partition coefficient (Wildman–Crippen LogP) is 4.88. The fraction of sp³-hybridized carbons (Fsp3) is 0.261. The molecule has 1 fully saturated rings. The van der Waals surface area contributed by atoms with Gasteiger partial charge in [0, 0.05) is 18.7 Å². The van der Waals surface area contributed by atoms with E-state index in [-0.39, 0.29) is 24.8 Å². The van der Waals surface area contributed by atoms with Gasteiger partial charge in [0.05, 0.1) is 11.5 Å². The van der Waals surface area contributed by atoms with Crippen molar-refractivity contribution < 1.29 is 14.3 Å². The molecule has 0 aromatic heterocycles. The summed E-state index contributed by atoms with van der Waals surface area (Å²) in [5, 5.41) is 2.83. The fourth-order valence-electron chi connectivity index (χ4n) is 2.93. The maximum atomic E-state index is 12.7. The highest BCUT2D eigenvalue weighted by Crippen LogP contribution is 2.32. The van der Waals surface area contributed by atoms with E-state index in [9.17, 15) is 9.59 Å². The minimum absolute atomic E-state index is 0.154. The number of hydrogen-bond donors (Lipinski definition) is 1. The number of amides is 2. The van der Waals surface area contributed by atoms with Crippen molar-refractivity contribution in [2.45, 2.75) is 26.7 Å². The van der Waals surface area contributed by atoms with Crippen molar-refractivity contribution in [3.05, 3.63) is 64.6 Å². The molecule has 0 radical (unpaired) electrons. The molecule has 1 aliphatic heterocycles. The molecule has 1 saturated heterocycles. The summed E-state index contributed by atoms with van der Waals surface area (Å²) in [5.74, 6) is 0.426. The zero-order valence-electron chi connectivity index (χ0n) is 17.0. The number of nitrogens with zero attached hydrogens (tertiary/aromatic N) is 1. The molecule has 1 heterocycles. The van der Waals surface area contributed by atoms with Gasteiger partial charge in [-0.2, -0.15) is 0 Å². The number of benzene rings is 2. The van der Waals surface area contributed by atoms with Crippen LogP contribution in [0.4, 0.5) is 5.69 Å². The van der Waals surface area contributed by atoms with Crippen molar-refractivity contribution >= 4 is 51.9 Å². The molecule has 2 aromatic rings. The number of thioether (sulfide) groups is 1. The van der Waals surface area contributed by atoms with Gasteiger partial charge in [-0.1, -0.05) is 55.2 Å². The second-order valence-electron chi connectivity index (χ2n) is 6.68. The SMILES string of the molecule is CCOc1ccc(NC(=O)CCN2C(=O)C(=Cc3ccc(CC)cc3)SC2=S)cc1. The van der Waals surface area contributed by atoms with E-state index in [4.69, 9.17) is 17.0 Å².